The number of nitrogens with zero attached hydrogens (tertiary/aromatic N) is 1. The lowest BCUT2D eigenvalue weighted by molar-refractivity contribution is -0.148. The number of rotatable bonds is 8. The SMILES string of the molecule is CC(C)[C@](C)(C#N)NC(=O)COC(=O)CNC(=O)Cc1cccc2ccccc12. The van der Waals surface area contributed by atoms with Crippen LogP contribution in [-0.2, 0) is 25.5 Å². The van der Waals surface area contributed by atoms with E-state index in [4.69, 9.17) is 4.74 Å². The summed E-state index contributed by atoms with van der Waals surface area (Å²) in [6.07, 6.45) is 0.129. The zero-order valence-corrected chi connectivity index (χ0v) is 16.8. The van der Waals surface area contributed by atoms with Crippen molar-refractivity contribution in [2.45, 2.75) is 32.7 Å². The highest BCUT2D eigenvalue weighted by Crippen LogP contribution is 2.18. The van der Waals surface area contributed by atoms with E-state index in [-0.39, 0.29) is 24.8 Å². The first-order valence-electron chi connectivity index (χ1n) is 9.36. The van der Waals surface area contributed by atoms with Crippen LogP contribution in [-0.4, -0.2) is 36.5 Å². The highest BCUT2D eigenvalue weighted by molar-refractivity contribution is 5.91. The quantitative estimate of drug-likeness (QED) is 0.666. The summed E-state index contributed by atoms with van der Waals surface area (Å²) in [4.78, 5) is 35.9. The van der Waals surface area contributed by atoms with E-state index in [1.54, 1.807) is 20.8 Å². The van der Waals surface area contributed by atoms with Crippen molar-refractivity contribution in [1.82, 2.24) is 10.6 Å². The highest BCUT2D eigenvalue weighted by Gasteiger charge is 2.30. The second-order valence-electron chi connectivity index (χ2n) is 7.27. The monoisotopic (exact) mass is 395 g/mol. The van der Waals surface area contributed by atoms with Crippen molar-refractivity contribution in [3.05, 3.63) is 48.0 Å². The zero-order chi connectivity index (χ0) is 21.4. The van der Waals surface area contributed by atoms with Crippen LogP contribution in [0.4, 0.5) is 0 Å². The average molecular weight is 395 g/mol. The summed E-state index contributed by atoms with van der Waals surface area (Å²) in [5, 5.41) is 16.3. The molecule has 0 aliphatic rings. The van der Waals surface area contributed by atoms with E-state index in [0.29, 0.717) is 0 Å². The van der Waals surface area contributed by atoms with Gasteiger partial charge in [0.25, 0.3) is 5.91 Å². The molecule has 2 aromatic carbocycles. The second kappa shape index (κ2) is 9.69. The van der Waals surface area contributed by atoms with Gasteiger partial charge in [0.15, 0.2) is 6.61 Å². The lowest BCUT2D eigenvalue weighted by Gasteiger charge is -2.27. The molecule has 0 bridgehead atoms. The topological polar surface area (TPSA) is 108 Å². The molecule has 7 heteroatoms. The lowest BCUT2D eigenvalue weighted by Crippen LogP contribution is -2.50. The molecule has 0 radical (unpaired) electrons. The number of benzene rings is 2. The summed E-state index contributed by atoms with van der Waals surface area (Å²) >= 11 is 0. The molecule has 0 aliphatic heterocycles. The molecule has 0 spiro atoms. The maximum absolute atomic E-state index is 12.2. The van der Waals surface area contributed by atoms with E-state index in [0.717, 1.165) is 16.3 Å². The summed E-state index contributed by atoms with van der Waals surface area (Å²) in [5.74, 6) is -1.73. The fraction of sp³-hybridized carbons (Fsp3) is 0.364. The van der Waals surface area contributed by atoms with Crippen LogP contribution < -0.4 is 10.6 Å². The molecule has 7 nitrogen and oxygen atoms in total. The Bertz CT molecular complexity index is 943. The van der Waals surface area contributed by atoms with Gasteiger partial charge in [0.1, 0.15) is 12.1 Å². The first kappa shape index (κ1) is 21.9. The van der Waals surface area contributed by atoms with E-state index in [9.17, 15) is 19.6 Å². The van der Waals surface area contributed by atoms with Gasteiger partial charge in [0.2, 0.25) is 5.91 Å². The molecule has 152 valence electrons. The fourth-order valence-electron chi connectivity index (χ4n) is 2.68. The summed E-state index contributed by atoms with van der Waals surface area (Å²) < 4.78 is 4.87. The number of fused-ring (bicyclic) bond motifs is 1. The molecule has 0 saturated heterocycles. The molecule has 0 aromatic heterocycles. The normalized spacial score (nSPS) is 12.7. The van der Waals surface area contributed by atoms with Crippen molar-refractivity contribution < 1.29 is 19.1 Å². The van der Waals surface area contributed by atoms with Gasteiger partial charge in [-0.05, 0) is 29.2 Å². The summed E-state index contributed by atoms with van der Waals surface area (Å²) in [6.45, 7) is 4.37. The molecule has 0 fully saturated rings. The maximum Gasteiger partial charge on any atom is 0.325 e. The lowest BCUT2D eigenvalue weighted by atomic mass is 9.90. The van der Waals surface area contributed by atoms with Crippen molar-refractivity contribution in [2.75, 3.05) is 13.2 Å². The summed E-state index contributed by atoms with van der Waals surface area (Å²) in [6, 6.07) is 15.5. The van der Waals surface area contributed by atoms with Gasteiger partial charge in [-0.2, -0.15) is 5.26 Å². The third-order valence-electron chi connectivity index (χ3n) is 4.81. The molecule has 1 atom stereocenters. The van der Waals surface area contributed by atoms with Crippen LogP contribution >= 0.6 is 0 Å². The number of nitrogens with one attached hydrogen (secondary N) is 2. The Balaban J connectivity index is 1.79. The van der Waals surface area contributed by atoms with Gasteiger partial charge in [0, 0.05) is 0 Å². The van der Waals surface area contributed by atoms with Gasteiger partial charge in [0.05, 0.1) is 12.5 Å². The predicted octanol–water partition coefficient (Wildman–Crippen LogP) is 2.10. The Kier molecular flexibility index (Phi) is 7.32. The minimum absolute atomic E-state index is 0.111. The Hall–Kier alpha value is -3.40. The van der Waals surface area contributed by atoms with Gasteiger partial charge in [-0.3, -0.25) is 14.4 Å². The number of esters is 1. The van der Waals surface area contributed by atoms with Crippen molar-refractivity contribution in [2.24, 2.45) is 5.92 Å². The second-order valence-corrected chi connectivity index (χ2v) is 7.27. The highest BCUT2D eigenvalue weighted by atomic mass is 16.5. The van der Waals surface area contributed by atoms with Crippen molar-refractivity contribution in [3.8, 4) is 6.07 Å². The first-order valence-corrected chi connectivity index (χ1v) is 9.36. The maximum atomic E-state index is 12.2. The number of ether oxygens (including phenoxy) is 1. The van der Waals surface area contributed by atoms with Crippen LogP contribution in [0.1, 0.15) is 26.3 Å². The average Bonchev–Trinajstić information content (AvgIpc) is 2.70. The van der Waals surface area contributed by atoms with Crippen molar-refractivity contribution >= 4 is 28.6 Å². The van der Waals surface area contributed by atoms with E-state index >= 15 is 0 Å². The number of nitriles is 1. The number of amides is 2. The van der Waals surface area contributed by atoms with Gasteiger partial charge >= 0.3 is 5.97 Å². The first-order chi connectivity index (χ1) is 13.7. The molecule has 2 aromatic rings. The standard InChI is InChI=1S/C22H25N3O4/c1-15(2)22(3,14-23)25-20(27)13-29-21(28)12-24-19(26)11-17-9-6-8-16-7-4-5-10-18(16)17/h4-10,15H,11-13H2,1-3H3,(H,24,26)(H,25,27)/t22-/m0/s1. The van der Waals surface area contributed by atoms with E-state index in [2.05, 4.69) is 10.6 Å². The third kappa shape index (κ3) is 6.04. The Morgan fingerprint density at radius 3 is 2.48 bits per heavy atom. The van der Waals surface area contributed by atoms with Crippen LogP contribution in [0.2, 0.25) is 0 Å². The van der Waals surface area contributed by atoms with Crippen LogP contribution in [0.5, 0.6) is 0 Å². The minimum Gasteiger partial charge on any atom is -0.454 e. The van der Waals surface area contributed by atoms with Crippen LogP contribution in [0.3, 0.4) is 0 Å². The molecule has 0 unspecified atom stereocenters. The Labute approximate surface area is 170 Å². The van der Waals surface area contributed by atoms with E-state index in [1.807, 2.05) is 48.5 Å². The molecule has 0 saturated carbocycles. The van der Waals surface area contributed by atoms with E-state index in [1.165, 1.54) is 0 Å². The third-order valence-corrected chi connectivity index (χ3v) is 4.81. The fourth-order valence-corrected chi connectivity index (χ4v) is 2.68. The molecular formula is C22H25N3O4. The number of hydrogen-bond donors (Lipinski definition) is 2. The minimum atomic E-state index is -1.05. The smallest absolute Gasteiger partial charge is 0.325 e. The van der Waals surface area contributed by atoms with Gasteiger partial charge in [-0.15, -0.1) is 0 Å². The molecule has 2 rings (SSSR count). The largest absolute Gasteiger partial charge is 0.454 e. The predicted molar refractivity (Wildman–Crippen MR) is 109 cm³/mol. The van der Waals surface area contributed by atoms with Crippen molar-refractivity contribution in [1.29, 1.82) is 5.26 Å². The molecular weight excluding hydrogens is 370 g/mol. The van der Waals surface area contributed by atoms with Gasteiger partial charge in [-0.25, -0.2) is 0 Å². The molecule has 0 heterocycles. The van der Waals surface area contributed by atoms with Gasteiger partial charge < -0.3 is 15.4 Å². The Morgan fingerprint density at radius 2 is 1.79 bits per heavy atom. The Morgan fingerprint density at radius 1 is 1.10 bits per heavy atom. The number of hydrogen-bond acceptors (Lipinski definition) is 5. The molecule has 29 heavy (non-hydrogen) atoms. The molecule has 0 aliphatic carbocycles. The van der Waals surface area contributed by atoms with Crippen LogP contribution in [0, 0.1) is 17.2 Å². The van der Waals surface area contributed by atoms with Gasteiger partial charge in [-0.1, -0.05) is 56.3 Å². The van der Waals surface area contributed by atoms with Crippen LogP contribution in [0.25, 0.3) is 10.8 Å². The number of carbonyl (C=O) groups is 3. The molecule has 2 amide bonds. The molecule has 2 N–H and O–H groups in total. The number of carbonyl (C=O) groups excluding carboxylic acids is 3. The zero-order valence-electron chi connectivity index (χ0n) is 16.8. The van der Waals surface area contributed by atoms with Crippen molar-refractivity contribution in [3.63, 3.8) is 0 Å². The summed E-state index contributed by atoms with van der Waals surface area (Å²) in [7, 11) is 0. The van der Waals surface area contributed by atoms with E-state index < -0.39 is 24.0 Å². The van der Waals surface area contributed by atoms with Crippen LogP contribution in [0.15, 0.2) is 42.5 Å². The summed E-state index contributed by atoms with van der Waals surface area (Å²) in [5.41, 5.74) is -0.186.